The summed E-state index contributed by atoms with van der Waals surface area (Å²) in [6.45, 7) is 1.78. The van der Waals surface area contributed by atoms with Gasteiger partial charge in [0.2, 0.25) is 0 Å². The summed E-state index contributed by atoms with van der Waals surface area (Å²) in [6.07, 6.45) is -0.583. The highest BCUT2D eigenvalue weighted by atomic mass is 35.5. The molecule has 1 aromatic rings. The third-order valence-corrected chi connectivity index (χ3v) is 2.75. The van der Waals surface area contributed by atoms with E-state index in [0.29, 0.717) is 15.9 Å². The molecule has 0 bridgehead atoms. The molecule has 0 radical (unpaired) electrons. The summed E-state index contributed by atoms with van der Waals surface area (Å²) in [5.74, 6) is -0.313. The molecule has 1 atom stereocenters. The minimum absolute atomic E-state index is 0.194. The van der Waals surface area contributed by atoms with Crippen LogP contribution in [0, 0.1) is 0 Å². The third kappa shape index (κ3) is 2.87. The van der Waals surface area contributed by atoms with Gasteiger partial charge in [0.15, 0.2) is 0 Å². The zero-order chi connectivity index (χ0) is 11.6. The molecule has 0 saturated heterocycles. The highest BCUT2D eigenvalue weighted by molar-refractivity contribution is 6.41. The molecule has 1 aromatic heterocycles. The van der Waals surface area contributed by atoms with Crippen molar-refractivity contribution in [1.82, 2.24) is 9.88 Å². The predicted molar refractivity (Wildman–Crippen MR) is 59.4 cm³/mol. The fourth-order valence-corrected chi connectivity index (χ4v) is 1.47. The van der Waals surface area contributed by atoms with Gasteiger partial charge in [0.05, 0.1) is 11.1 Å². The first kappa shape index (κ1) is 12.4. The summed E-state index contributed by atoms with van der Waals surface area (Å²) < 4.78 is 1.49. The molecule has 1 heterocycles. The Balaban J connectivity index is 2.78. The van der Waals surface area contributed by atoms with Gasteiger partial charge in [-0.1, -0.05) is 23.2 Å². The van der Waals surface area contributed by atoms with Gasteiger partial charge in [-0.2, -0.15) is 0 Å². The average Bonchev–Trinajstić information content (AvgIpc) is 2.42. The molecule has 0 fully saturated rings. The maximum absolute atomic E-state index is 11.6. The van der Waals surface area contributed by atoms with Crippen LogP contribution in [0.3, 0.4) is 0 Å². The number of aliphatic hydroxyl groups is 1. The van der Waals surface area contributed by atoms with Gasteiger partial charge in [-0.15, -0.1) is 0 Å². The number of hydrogen-bond acceptors (Lipinski definition) is 2. The third-order valence-electron chi connectivity index (χ3n) is 1.91. The first-order chi connectivity index (χ1) is 6.93. The number of nitrogens with one attached hydrogen (secondary N) is 1. The summed E-state index contributed by atoms with van der Waals surface area (Å²) in [7, 11) is 1.64. The number of hydrogen-bond donors (Lipinski definition) is 2. The summed E-state index contributed by atoms with van der Waals surface area (Å²) in [6, 6.07) is 1.49. The Morgan fingerprint density at radius 1 is 1.67 bits per heavy atom. The molecule has 1 amide bonds. The maximum Gasteiger partial charge on any atom is 0.268 e. The minimum Gasteiger partial charge on any atom is -0.392 e. The van der Waals surface area contributed by atoms with Crippen LogP contribution >= 0.6 is 23.2 Å². The maximum atomic E-state index is 11.6. The number of aromatic nitrogens is 1. The van der Waals surface area contributed by atoms with E-state index < -0.39 is 6.10 Å². The summed E-state index contributed by atoms with van der Waals surface area (Å²) in [5, 5.41) is 12.2. The second kappa shape index (κ2) is 4.88. The minimum atomic E-state index is -0.583. The van der Waals surface area contributed by atoms with E-state index in [1.54, 1.807) is 14.0 Å². The molecule has 0 aliphatic heterocycles. The van der Waals surface area contributed by atoms with E-state index in [9.17, 15) is 4.79 Å². The fourth-order valence-electron chi connectivity index (χ4n) is 1.09. The van der Waals surface area contributed by atoms with Gasteiger partial charge in [-0.05, 0) is 13.0 Å². The predicted octanol–water partition coefficient (Wildman–Crippen LogP) is 1.44. The number of aliphatic hydroxyl groups excluding tert-OH is 1. The molecule has 84 valence electrons. The van der Waals surface area contributed by atoms with E-state index in [2.05, 4.69) is 5.32 Å². The highest BCUT2D eigenvalue weighted by Gasteiger charge is 2.15. The van der Waals surface area contributed by atoms with Gasteiger partial charge in [0.1, 0.15) is 10.8 Å². The normalized spacial score (nSPS) is 12.6. The zero-order valence-electron chi connectivity index (χ0n) is 8.42. The van der Waals surface area contributed by atoms with Gasteiger partial charge in [-0.25, -0.2) is 0 Å². The van der Waals surface area contributed by atoms with Gasteiger partial charge in [0, 0.05) is 13.6 Å². The Hall–Kier alpha value is -0.710. The molecule has 4 nitrogen and oxygen atoms in total. The van der Waals surface area contributed by atoms with E-state index in [1.165, 1.54) is 10.6 Å². The molecular formula is C9H12Cl2N2O2. The van der Waals surface area contributed by atoms with E-state index >= 15 is 0 Å². The van der Waals surface area contributed by atoms with Crippen molar-refractivity contribution in [2.45, 2.75) is 13.0 Å². The van der Waals surface area contributed by atoms with Crippen LogP contribution in [-0.4, -0.2) is 28.2 Å². The Morgan fingerprint density at radius 2 is 2.27 bits per heavy atom. The van der Waals surface area contributed by atoms with Crippen LogP contribution in [-0.2, 0) is 7.05 Å². The Kier molecular flexibility index (Phi) is 4.02. The molecule has 0 aliphatic carbocycles. The second-order valence-electron chi connectivity index (χ2n) is 3.29. The summed E-state index contributed by atoms with van der Waals surface area (Å²) in [5.41, 5.74) is 0.366. The lowest BCUT2D eigenvalue weighted by Crippen LogP contribution is -2.31. The standard InChI is InChI=1S/C9H12Cl2N2O2/c1-5(14)4-12-9(15)7-3-6(10)8(11)13(7)2/h3,5,14H,4H2,1-2H3,(H,12,15). The van der Waals surface area contributed by atoms with Gasteiger partial charge in [-0.3, -0.25) is 4.79 Å². The molecule has 2 N–H and O–H groups in total. The zero-order valence-corrected chi connectivity index (χ0v) is 9.93. The molecule has 0 spiro atoms. The van der Waals surface area contributed by atoms with Crippen LogP contribution in [0.1, 0.15) is 17.4 Å². The van der Waals surface area contributed by atoms with Gasteiger partial charge in [0.25, 0.3) is 5.91 Å². The lowest BCUT2D eigenvalue weighted by molar-refractivity contribution is 0.0916. The van der Waals surface area contributed by atoms with E-state index in [-0.39, 0.29) is 12.5 Å². The molecule has 6 heteroatoms. The average molecular weight is 251 g/mol. The van der Waals surface area contributed by atoms with E-state index in [0.717, 1.165) is 0 Å². The number of rotatable bonds is 3. The molecule has 0 saturated carbocycles. The molecule has 0 aromatic carbocycles. The van der Waals surface area contributed by atoms with Crippen LogP contribution < -0.4 is 5.32 Å². The van der Waals surface area contributed by atoms with Gasteiger partial charge >= 0.3 is 0 Å². The number of carbonyl (C=O) groups excluding carboxylic acids is 1. The van der Waals surface area contributed by atoms with E-state index in [4.69, 9.17) is 28.3 Å². The van der Waals surface area contributed by atoms with Crippen LogP contribution in [0.25, 0.3) is 0 Å². The van der Waals surface area contributed by atoms with Crippen molar-refractivity contribution < 1.29 is 9.90 Å². The van der Waals surface area contributed by atoms with Crippen LogP contribution in [0.4, 0.5) is 0 Å². The van der Waals surface area contributed by atoms with Crippen LogP contribution in [0.2, 0.25) is 10.2 Å². The second-order valence-corrected chi connectivity index (χ2v) is 4.05. The Bertz CT molecular complexity index is 374. The number of halogens is 2. The topological polar surface area (TPSA) is 54.3 Å². The molecule has 0 aliphatic rings. The number of nitrogens with zero attached hydrogens (tertiary/aromatic N) is 1. The van der Waals surface area contributed by atoms with Crippen molar-refractivity contribution >= 4 is 29.1 Å². The van der Waals surface area contributed by atoms with E-state index in [1.807, 2.05) is 0 Å². The van der Waals surface area contributed by atoms with Crippen molar-refractivity contribution in [1.29, 1.82) is 0 Å². The van der Waals surface area contributed by atoms with Crippen molar-refractivity contribution in [2.75, 3.05) is 6.54 Å². The quantitative estimate of drug-likeness (QED) is 0.854. The number of carbonyl (C=O) groups is 1. The Labute approximate surface area is 97.8 Å². The summed E-state index contributed by atoms with van der Waals surface area (Å²) >= 11 is 11.6. The van der Waals surface area contributed by atoms with Crippen molar-refractivity contribution in [3.63, 3.8) is 0 Å². The molecule has 1 unspecified atom stereocenters. The van der Waals surface area contributed by atoms with Crippen LogP contribution in [0.15, 0.2) is 6.07 Å². The summed E-state index contributed by atoms with van der Waals surface area (Å²) in [4.78, 5) is 11.6. The molecule has 1 rings (SSSR count). The van der Waals surface area contributed by atoms with Crippen LogP contribution in [0.5, 0.6) is 0 Å². The lowest BCUT2D eigenvalue weighted by Gasteiger charge is -2.07. The smallest absolute Gasteiger partial charge is 0.268 e. The first-order valence-corrected chi connectivity index (χ1v) is 5.16. The largest absolute Gasteiger partial charge is 0.392 e. The fraction of sp³-hybridized carbons (Fsp3) is 0.444. The van der Waals surface area contributed by atoms with Crippen molar-refractivity contribution in [3.8, 4) is 0 Å². The lowest BCUT2D eigenvalue weighted by atomic mass is 10.3. The number of amides is 1. The van der Waals surface area contributed by atoms with Crippen molar-refractivity contribution in [3.05, 3.63) is 21.9 Å². The molecular weight excluding hydrogens is 239 g/mol. The monoisotopic (exact) mass is 250 g/mol. The molecule has 15 heavy (non-hydrogen) atoms. The Morgan fingerprint density at radius 3 is 2.67 bits per heavy atom. The SMILES string of the molecule is CC(O)CNC(=O)c1cc(Cl)c(Cl)n1C. The first-order valence-electron chi connectivity index (χ1n) is 4.40. The van der Waals surface area contributed by atoms with Gasteiger partial charge < -0.3 is 15.0 Å². The highest BCUT2D eigenvalue weighted by Crippen LogP contribution is 2.24. The van der Waals surface area contributed by atoms with Crippen molar-refractivity contribution in [2.24, 2.45) is 7.05 Å².